The third-order valence-corrected chi connectivity index (χ3v) is 8.53. The van der Waals surface area contributed by atoms with Gasteiger partial charge in [0, 0.05) is 44.4 Å². The largest absolute Gasteiger partial charge is 0.465 e. The minimum Gasteiger partial charge on any atom is -0.465 e. The van der Waals surface area contributed by atoms with E-state index in [1.165, 1.54) is 29.4 Å². The van der Waals surface area contributed by atoms with Crippen LogP contribution in [0.15, 0.2) is 23.4 Å². The summed E-state index contributed by atoms with van der Waals surface area (Å²) < 4.78 is 54.0. The van der Waals surface area contributed by atoms with Crippen LogP contribution in [-0.4, -0.2) is 79.2 Å². The normalized spacial score (nSPS) is 19.2. The number of alkyl halides is 3. The number of hydrogen-bond donors (Lipinski definition) is 1. The Labute approximate surface area is 238 Å². The van der Waals surface area contributed by atoms with Crippen LogP contribution in [0.5, 0.6) is 0 Å². The molecule has 0 saturated carbocycles. The lowest BCUT2D eigenvalue weighted by Gasteiger charge is -2.47. The molecule has 1 N–H and O–H groups in total. The maximum Gasteiger partial charge on any atom is 0.419 e. The molecule has 9 nitrogen and oxygen atoms in total. The molecule has 1 unspecified atom stereocenters. The van der Waals surface area contributed by atoms with Gasteiger partial charge in [-0.15, -0.1) is 0 Å². The fraction of sp³-hybridized carbons (Fsp3) is 0.538. The fourth-order valence-electron chi connectivity index (χ4n) is 5.48. The summed E-state index contributed by atoms with van der Waals surface area (Å²) in [6, 6.07) is 5.68. The molecule has 1 aromatic carbocycles. The first-order chi connectivity index (χ1) is 18.7. The lowest BCUT2D eigenvalue weighted by Crippen LogP contribution is -2.60. The fourth-order valence-corrected chi connectivity index (χ4v) is 6.23. The lowest BCUT2D eigenvalue weighted by molar-refractivity contribution is -0.137. The first kappa shape index (κ1) is 30.0. The van der Waals surface area contributed by atoms with Crippen molar-refractivity contribution in [3.8, 4) is 6.07 Å². The van der Waals surface area contributed by atoms with Gasteiger partial charge in [-0.25, -0.2) is 14.8 Å². The summed E-state index contributed by atoms with van der Waals surface area (Å²) in [4.78, 5) is 25.8. The monoisotopic (exact) mass is 598 g/mol. The Morgan fingerprint density at radius 1 is 1.25 bits per heavy atom. The number of fused-ring (bicyclic) bond motifs is 1. The average molecular weight is 599 g/mol. The van der Waals surface area contributed by atoms with Crippen LogP contribution in [0.4, 0.5) is 23.7 Å². The van der Waals surface area contributed by atoms with Crippen molar-refractivity contribution in [1.82, 2.24) is 19.8 Å². The van der Waals surface area contributed by atoms with Crippen molar-refractivity contribution < 1.29 is 27.3 Å². The van der Waals surface area contributed by atoms with E-state index < -0.39 is 40.2 Å². The van der Waals surface area contributed by atoms with E-state index in [0.29, 0.717) is 37.3 Å². The number of aromatic nitrogens is 2. The van der Waals surface area contributed by atoms with Gasteiger partial charge in [0.1, 0.15) is 0 Å². The van der Waals surface area contributed by atoms with Crippen LogP contribution in [0.2, 0.25) is 5.02 Å². The lowest BCUT2D eigenvalue weighted by atomic mass is 9.89. The van der Waals surface area contributed by atoms with Gasteiger partial charge >= 0.3 is 12.3 Å². The van der Waals surface area contributed by atoms with Gasteiger partial charge in [0.2, 0.25) is 5.16 Å². The quantitative estimate of drug-likeness (QED) is 0.488. The molecule has 2 aliphatic heterocycles. The first-order valence-electron chi connectivity index (χ1n) is 12.7. The zero-order valence-corrected chi connectivity index (χ0v) is 23.9. The van der Waals surface area contributed by atoms with Crippen LogP contribution >= 0.6 is 11.6 Å². The molecule has 0 aliphatic carbocycles. The second-order valence-electron chi connectivity index (χ2n) is 10.6. The van der Waals surface area contributed by atoms with Crippen molar-refractivity contribution in [3.05, 3.63) is 45.7 Å². The predicted octanol–water partition coefficient (Wildman–Crippen LogP) is 4.35. The summed E-state index contributed by atoms with van der Waals surface area (Å²) in [7, 11) is -1.53. The number of piperazine rings is 1. The number of amides is 1. The summed E-state index contributed by atoms with van der Waals surface area (Å²) in [5.41, 5.74) is 0.544. The molecule has 1 saturated heterocycles. The zero-order valence-electron chi connectivity index (χ0n) is 22.3. The number of carboxylic acid groups (broad SMARTS) is 1. The van der Waals surface area contributed by atoms with Crippen LogP contribution in [0.1, 0.15) is 42.8 Å². The Hall–Kier alpha value is -2.95. The number of carbonyl (C=O) groups is 1. The molecule has 1 aromatic heterocycles. The summed E-state index contributed by atoms with van der Waals surface area (Å²) in [6.45, 7) is 5.44. The molecule has 1 fully saturated rings. The van der Waals surface area contributed by atoms with E-state index in [4.69, 9.17) is 11.6 Å². The van der Waals surface area contributed by atoms with E-state index in [1.54, 1.807) is 4.90 Å². The van der Waals surface area contributed by atoms with Gasteiger partial charge in [-0.2, -0.15) is 18.4 Å². The third-order valence-electron chi connectivity index (χ3n) is 7.51. The van der Waals surface area contributed by atoms with Crippen LogP contribution in [0.3, 0.4) is 0 Å². The van der Waals surface area contributed by atoms with Crippen molar-refractivity contribution in [2.24, 2.45) is 0 Å². The van der Waals surface area contributed by atoms with E-state index in [-0.39, 0.29) is 41.9 Å². The van der Waals surface area contributed by atoms with Crippen molar-refractivity contribution in [1.29, 1.82) is 5.26 Å². The maximum atomic E-state index is 13.9. The second kappa shape index (κ2) is 11.5. The highest BCUT2D eigenvalue weighted by Crippen LogP contribution is 2.42. The molecular weight excluding hydrogens is 569 g/mol. The van der Waals surface area contributed by atoms with Gasteiger partial charge < -0.3 is 14.9 Å². The summed E-state index contributed by atoms with van der Waals surface area (Å²) in [6.07, 6.45) is -3.38. The Morgan fingerprint density at radius 3 is 2.60 bits per heavy atom. The first-order valence-corrected chi connectivity index (χ1v) is 14.6. The van der Waals surface area contributed by atoms with Gasteiger partial charge in [0.15, 0.2) is 0 Å². The molecule has 0 bridgehead atoms. The van der Waals surface area contributed by atoms with Crippen molar-refractivity contribution in [2.75, 3.05) is 37.3 Å². The van der Waals surface area contributed by atoms with Crippen molar-refractivity contribution in [2.45, 2.75) is 62.6 Å². The predicted molar refractivity (Wildman–Crippen MR) is 144 cm³/mol. The molecule has 3 heterocycles. The van der Waals surface area contributed by atoms with Crippen molar-refractivity contribution in [3.63, 3.8) is 0 Å². The van der Waals surface area contributed by atoms with Crippen LogP contribution in [0, 0.1) is 11.3 Å². The number of nitriles is 1. The number of hydrogen-bond acceptors (Lipinski definition) is 7. The topological polar surface area (TPSA) is 114 Å². The van der Waals surface area contributed by atoms with Crippen LogP contribution in [0.25, 0.3) is 0 Å². The highest BCUT2D eigenvalue weighted by atomic mass is 35.5. The molecule has 2 aromatic rings. The molecule has 0 radical (unpaired) electrons. The smallest absolute Gasteiger partial charge is 0.419 e. The SMILES string of the molecule is CS(=O)c1nc2c(c(CC(C)(C)N3CCN(C(=O)O)[C@@H](CC#N)C3)n1)CCN(c1cccc(Cl)c1C(F)(F)F)C2. The van der Waals surface area contributed by atoms with E-state index in [0.717, 1.165) is 5.56 Å². The second-order valence-corrected chi connectivity index (χ2v) is 12.2. The number of rotatable bonds is 6. The van der Waals surface area contributed by atoms with E-state index >= 15 is 0 Å². The van der Waals surface area contributed by atoms with E-state index in [1.807, 2.05) is 13.8 Å². The Kier molecular flexibility index (Phi) is 8.63. The Bertz CT molecular complexity index is 1370. The summed E-state index contributed by atoms with van der Waals surface area (Å²) in [5.74, 6) is 0. The highest BCUT2D eigenvalue weighted by Gasteiger charge is 2.40. The van der Waals surface area contributed by atoms with E-state index in [2.05, 4.69) is 20.9 Å². The number of benzene rings is 1. The highest BCUT2D eigenvalue weighted by molar-refractivity contribution is 7.84. The number of halogens is 4. The maximum absolute atomic E-state index is 13.9. The Morgan fingerprint density at radius 2 is 1.98 bits per heavy atom. The molecule has 1 amide bonds. The minimum atomic E-state index is -4.64. The van der Waals surface area contributed by atoms with E-state index in [9.17, 15) is 32.5 Å². The van der Waals surface area contributed by atoms with Crippen molar-refractivity contribution >= 4 is 34.2 Å². The zero-order chi connectivity index (χ0) is 29.4. The van der Waals surface area contributed by atoms with Crippen LogP contribution in [-0.2, 0) is 36.4 Å². The molecule has 40 heavy (non-hydrogen) atoms. The molecular formula is C26H30ClF3N6O3S. The molecule has 2 atom stereocenters. The van der Waals surface area contributed by atoms with Gasteiger partial charge in [-0.3, -0.25) is 9.11 Å². The minimum absolute atomic E-state index is 0.0369. The standard InChI is InChI=1S/C26H30ClF3N6O3S/c1-25(2,35-11-12-36(24(37)38)16(14-35)7-9-31)13-19-17-8-10-34(15-20(17)33-23(32-19)40(3)39)21-6-4-5-18(27)22(21)26(28,29)30/h4-6,16H,7-8,10-15H2,1-3H3,(H,37,38)/t16-,40?/m0/s1. The van der Waals surface area contributed by atoms with Crippen LogP contribution < -0.4 is 4.90 Å². The molecule has 2 aliphatic rings. The average Bonchev–Trinajstić information content (AvgIpc) is 2.87. The molecule has 4 rings (SSSR count). The van der Waals surface area contributed by atoms with Gasteiger partial charge in [0.05, 0.1) is 63.5 Å². The number of anilines is 1. The molecule has 0 spiro atoms. The number of nitrogens with zero attached hydrogens (tertiary/aromatic N) is 6. The van der Waals surface area contributed by atoms with Gasteiger partial charge in [0.25, 0.3) is 0 Å². The molecule has 216 valence electrons. The Balaban J connectivity index is 1.65. The summed E-state index contributed by atoms with van der Waals surface area (Å²) >= 11 is 5.96. The summed E-state index contributed by atoms with van der Waals surface area (Å²) in [5, 5.41) is 18.5. The third kappa shape index (κ3) is 6.19. The molecule has 14 heteroatoms. The van der Waals surface area contributed by atoms with Gasteiger partial charge in [-0.1, -0.05) is 17.7 Å². The van der Waals surface area contributed by atoms with Gasteiger partial charge in [-0.05, 0) is 38.0 Å².